The molecule has 1 aliphatic heterocycles. The summed E-state index contributed by atoms with van der Waals surface area (Å²) in [6.07, 6.45) is 1.64. The maximum atomic E-state index is 13.2. The van der Waals surface area contributed by atoms with Crippen LogP contribution in [0.3, 0.4) is 0 Å². The second-order valence-corrected chi connectivity index (χ2v) is 7.89. The van der Waals surface area contributed by atoms with Crippen molar-refractivity contribution in [3.63, 3.8) is 0 Å². The molecule has 1 saturated carbocycles. The van der Waals surface area contributed by atoms with Crippen LogP contribution in [0.25, 0.3) is 6.08 Å². The van der Waals surface area contributed by atoms with Crippen molar-refractivity contribution in [2.45, 2.75) is 50.7 Å². The second-order valence-electron chi connectivity index (χ2n) is 7.89. The molecule has 2 aliphatic rings. The number of alkyl halides is 3. The predicted octanol–water partition coefficient (Wildman–Crippen LogP) is 4.18. The minimum absolute atomic E-state index is 0.0785. The average Bonchev–Trinajstić information content (AvgIpc) is 2.72. The fraction of sp³-hybridized carbons (Fsp3) is 0.545. The molecule has 2 atom stereocenters. The van der Waals surface area contributed by atoms with Gasteiger partial charge in [-0.15, -0.1) is 0 Å². The third kappa shape index (κ3) is 5.84. The van der Waals surface area contributed by atoms with Crippen LogP contribution in [-0.2, 0) is 9.59 Å². The Balaban J connectivity index is 1.49. The zero-order valence-corrected chi connectivity index (χ0v) is 16.3. The summed E-state index contributed by atoms with van der Waals surface area (Å²) in [5.74, 6) is -2.21. The molecular formula is C22H27F3N2O2. The van der Waals surface area contributed by atoms with Crippen molar-refractivity contribution in [2.24, 2.45) is 11.8 Å². The van der Waals surface area contributed by atoms with E-state index in [1.54, 1.807) is 11.0 Å². The van der Waals surface area contributed by atoms with Gasteiger partial charge in [-0.05, 0) is 37.3 Å². The Kier molecular flexibility index (Phi) is 6.98. The monoisotopic (exact) mass is 408 g/mol. The van der Waals surface area contributed by atoms with Crippen LogP contribution in [0.2, 0.25) is 0 Å². The van der Waals surface area contributed by atoms with Gasteiger partial charge < -0.3 is 10.2 Å². The van der Waals surface area contributed by atoms with Gasteiger partial charge in [0.05, 0.1) is 5.92 Å². The Bertz CT molecular complexity index is 725. The quantitative estimate of drug-likeness (QED) is 0.760. The number of rotatable bonds is 4. The molecule has 2 fully saturated rings. The first-order chi connectivity index (χ1) is 13.8. The molecule has 0 spiro atoms. The minimum atomic E-state index is -4.28. The Morgan fingerprint density at radius 1 is 1.00 bits per heavy atom. The number of nitrogens with one attached hydrogen (secondary N) is 1. The summed E-state index contributed by atoms with van der Waals surface area (Å²) in [4.78, 5) is 26.5. The molecule has 1 N–H and O–H groups in total. The summed E-state index contributed by atoms with van der Waals surface area (Å²) in [5, 5.41) is 2.66. The van der Waals surface area contributed by atoms with Crippen molar-refractivity contribution in [3.8, 4) is 0 Å². The normalized spacial score (nSPS) is 23.9. The molecule has 158 valence electrons. The molecule has 4 nitrogen and oxygen atoms in total. The number of likely N-dealkylation sites (tertiary alicyclic amines) is 1. The summed E-state index contributed by atoms with van der Waals surface area (Å²) in [6, 6.07) is 8.66. The number of hydrogen-bond donors (Lipinski definition) is 1. The first-order valence-electron chi connectivity index (χ1n) is 10.2. The molecule has 2 amide bonds. The third-order valence-electron chi connectivity index (χ3n) is 5.91. The Morgan fingerprint density at radius 3 is 2.31 bits per heavy atom. The van der Waals surface area contributed by atoms with E-state index in [4.69, 9.17) is 0 Å². The molecule has 1 aromatic carbocycles. The van der Waals surface area contributed by atoms with E-state index < -0.39 is 18.1 Å². The molecule has 1 heterocycles. The lowest BCUT2D eigenvalue weighted by Gasteiger charge is -2.36. The summed E-state index contributed by atoms with van der Waals surface area (Å²) >= 11 is 0. The predicted molar refractivity (Wildman–Crippen MR) is 105 cm³/mol. The number of carbonyl (C=O) groups is 2. The van der Waals surface area contributed by atoms with E-state index in [9.17, 15) is 22.8 Å². The van der Waals surface area contributed by atoms with E-state index in [2.05, 4.69) is 5.32 Å². The van der Waals surface area contributed by atoms with Crippen LogP contribution in [-0.4, -0.2) is 42.0 Å². The second kappa shape index (κ2) is 9.46. The Labute approximate surface area is 169 Å². The molecule has 3 rings (SSSR count). The molecule has 1 aliphatic carbocycles. The van der Waals surface area contributed by atoms with Crippen molar-refractivity contribution in [2.75, 3.05) is 13.1 Å². The molecule has 2 unspecified atom stereocenters. The number of piperidine rings is 1. The number of carbonyl (C=O) groups excluding carboxylic acids is 2. The molecular weight excluding hydrogens is 381 g/mol. The molecule has 1 aromatic rings. The molecule has 0 aromatic heterocycles. The molecule has 0 radical (unpaired) electrons. The van der Waals surface area contributed by atoms with Crippen molar-refractivity contribution >= 4 is 17.9 Å². The lowest BCUT2D eigenvalue weighted by atomic mass is 9.83. The van der Waals surface area contributed by atoms with Gasteiger partial charge in [0.1, 0.15) is 0 Å². The summed E-state index contributed by atoms with van der Waals surface area (Å²) in [5.41, 5.74) is 0.932. The van der Waals surface area contributed by atoms with E-state index in [1.807, 2.05) is 30.3 Å². The van der Waals surface area contributed by atoms with Crippen LogP contribution >= 0.6 is 0 Å². The van der Waals surface area contributed by atoms with E-state index in [0.29, 0.717) is 45.2 Å². The number of nitrogens with zero attached hydrogens (tertiary/aromatic N) is 1. The fourth-order valence-electron chi connectivity index (χ4n) is 4.20. The first kappa shape index (κ1) is 21.4. The van der Waals surface area contributed by atoms with Crippen molar-refractivity contribution < 1.29 is 22.8 Å². The van der Waals surface area contributed by atoms with Gasteiger partial charge in [0, 0.05) is 31.1 Å². The molecule has 0 bridgehead atoms. The van der Waals surface area contributed by atoms with Crippen LogP contribution in [0.4, 0.5) is 13.2 Å². The van der Waals surface area contributed by atoms with Crippen molar-refractivity contribution in [1.29, 1.82) is 0 Å². The first-order valence-corrected chi connectivity index (χ1v) is 10.2. The van der Waals surface area contributed by atoms with Gasteiger partial charge >= 0.3 is 6.18 Å². The molecule has 1 saturated heterocycles. The maximum absolute atomic E-state index is 13.2. The topological polar surface area (TPSA) is 49.4 Å². The van der Waals surface area contributed by atoms with Gasteiger partial charge in [0.2, 0.25) is 11.8 Å². The van der Waals surface area contributed by atoms with Gasteiger partial charge in [-0.3, -0.25) is 9.59 Å². The Hall–Kier alpha value is -2.31. The minimum Gasteiger partial charge on any atom is -0.353 e. The fourth-order valence-corrected chi connectivity index (χ4v) is 4.20. The lowest BCUT2D eigenvalue weighted by Crippen LogP contribution is -2.50. The van der Waals surface area contributed by atoms with E-state index in [0.717, 1.165) is 5.56 Å². The van der Waals surface area contributed by atoms with E-state index in [1.165, 1.54) is 6.08 Å². The van der Waals surface area contributed by atoms with Gasteiger partial charge in [-0.2, -0.15) is 13.2 Å². The smallest absolute Gasteiger partial charge is 0.353 e. The summed E-state index contributed by atoms with van der Waals surface area (Å²) in [7, 11) is 0. The van der Waals surface area contributed by atoms with E-state index >= 15 is 0 Å². The van der Waals surface area contributed by atoms with Crippen LogP contribution in [0.5, 0.6) is 0 Å². The SMILES string of the molecule is O=C(NC1CCCCC1C(F)(F)F)C1CCN(C(=O)/C=C/c2ccccc2)CC1. The van der Waals surface area contributed by atoms with Crippen molar-refractivity contribution in [3.05, 3.63) is 42.0 Å². The highest BCUT2D eigenvalue weighted by molar-refractivity contribution is 5.92. The highest BCUT2D eigenvalue weighted by Crippen LogP contribution is 2.38. The highest BCUT2D eigenvalue weighted by atomic mass is 19.4. The van der Waals surface area contributed by atoms with Gasteiger partial charge in [0.25, 0.3) is 0 Å². The van der Waals surface area contributed by atoms with E-state index in [-0.39, 0.29) is 24.2 Å². The van der Waals surface area contributed by atoms with Crippen LogP contribution < -0.4 is 5.32 Å². The van der Waals surface area contributed by atoms with Gasteiger partial charge in [0.15, 0.2) is 0 Å². The average molecular weight is 408 g/mol. The van der Waals surface area contributed by atoms with Gasteiger partial charge in [-0.25, -0.2) is 0 Å². The number of amides is 2. The summed E-state index contributed by atoms with van der Waals surface area (Å²) in [6.45, 7) is 0.868. The third-order valence-corrected chi connectivity index (χ3v) is 5.91. The van der Waals surface area contributed by atoms with Crippen LogP contribution in [0, 0.1) is 11.8 Å². The standard InChI is InChI=1S/C22H27F3N2O2/c23-22(24,25)18-8-4-5-9-19(18)26-21(29)17-12-14-27(15-13-17)20(28)11-10-16-6-2-1-3-7-16/h1-3,6-7,10-11,17-19H,4-5,8-9,12-15H2,(H,26,29)/b11-10+. The molecule has 7 heteroatoms. The maximum Gasteiger partial charge on any atom is 0.393 e. The number of hydrogen-bond acceptors (Lipinski definition) is 2. The number of halogens is 3. The largest absolute Gasteiger partial charge is 0.393 e. The van der Waals surface area contributed by atoms with Crippen LogP contribution in [0.15, 0.2) is 36.4 Å². The number of benzene rings is 1. The lowest BCUT2D eigenvalue weighted by molar-refractivity contribution is -0.189. The Morgan fingerprint density at radius 2 is 1.66 bits per heavy atom. The molecule has 29 heavy (non-hydrogen) atoms. The zero-order chi connectivity index (χ0) is 20.9. The summed E-state index contributed by atoms with van der Waals surface area (Å²) < 4.78 is 39.7. The van der Waals surface area contributed by atoms with Crippen LogP contribution in [0.1, 0.15) is 44.1 Å². The van der Waals surface area contributed by atoms with Crippen molar-refractivity contribution in [1.82, 2.24) is 10.2 Å². The zero-order valence-electron chi connectivity index (χ0n) is 16.3. The highest BCUT2D eigenvalue weighted by Gasteiger charge is 2.46. The van der Waals surface area contributed by atoms with Gasteiger partial charge in [-0.1, -0.05) is 43.2 Å².